The van der Waals surface area contributed by atoms with Gasteiger partial charge in [0.05, 0.1) is 0 Å². The number of allylic oxidation sites excluding steroid dienone is 1. The van der Waals surface area contributed by atoms with Gasteiger partial charge in [-0.3, -0.25) is 0 Å². The molecule has 2 amide bonds. The summed E-state index contributed by atoms with van der Waals surface area (Å²) >= 11 is 5.83. The number of hydrogen-bond acceptors (Lipinski definition) is 1. The van der Waals surface area contributed by atoms with Crippen LogP contribution >= 0.6 is 11.6 Å². The van der Waals surface area contributed by atoms with Crippen molar-refractivity contribution < 1.29 is 4.79 Å². The molecular formula is C15H17ClN2O. The fourth-order valence-electron chi connectivity index (χ4n) is 3.09. The molecule has 1 N–H and O–H groups in total. The van der Waals surface area contributed by atoms with Gasteiger partial charge in [-0.05, 0) is 48.9 Å². The summed E-state index contributed by atoms with van der Waals surface area (Å²) in [4.78, 5) is 14.1. The zero-order valence-corrected chi connectivity index (χ0v) is 11.6. The van der Waals surface area contributed by atoms with Crippen molar-refractivity contribution in [2.24, 2.45) is 11.8 Å². The number of nitrogens with one attached hydrogen (secondary N) is 1. The number of halogens is 1. The van der Waals surface area contributed by atoms with E-state index in [1.807, 2.05) is 24.1 Å². The zero-order valence-electron chi connectivity index (χ0n) is 10.8. The molecule has 19 heavy (non-hydrogen) atoms. The SMILES string of the molecule is CN(C(=O)Nc1ccc(Cl)cc1)[C@@H]1C[C@@H]2C=C[C@H]1C2. The summed E-state index contributed by atoms with van der Waals surface area (Å²) in [7, 11) is 1.88. The Morgan fingerprint density at radius 1 is 1.26 bits per heavy atom. The highest BCUT2D eigenvalue weighted by atomic mass is 35.5. The van der Waals surface area contributed by atoms with Crippen LogP contribution in [0.3, 0.4) is 0 Å². The summed E-state index contributed by atoms with van der Waals surface area (Å²) in [6.45, 7) is 0. The van der Waals surface area contributed by atoms with E-state index < -0.39 is 0 Å². The molecule has 100 valence electrons. The molecule has 0 heterocycles. The highest BCUT2D eigenvalue weighted by molar-refractivity contribution is 6.30. The number of nitrogens with zero attached hydrogens (tertiary/aromatic N) is 1. The Labute approximate surface area is 118 Å². The molecule has 3 rings (SSSR count). The minimum atomic E-state index is -0.0479. The van der Waals surface area contributed by atoms with Crippen LogP contribution in [0.25, 0.3) is 0 Å². The predicted octanol–water partition coefficient (Wildman–Crippen LogP) is 3.77. The molecule has 0 unspecified atom stereocenters. The van der Waals surface area contributed by atoms with Crippen molar-refractivity contribution in [3.05, 3.63) is 41.4 Å². The second-order valence-electron chi connectivity index (χ2n) is 5.40. The molecule has 4 heteroatoms. The Morgan fingerprint density at radius 2 is 2.00 bits per heavy atom. The monoisotopic (exact) mass is 276 g/mol. The van der Waals surface area contributed by atoms with E-state index in [2.05, 4.69) is 17.5 Å². The Hall–Kier alpha value is -1.48. The molecule has 1 aromatic carbocycles. The van der Waals surface area contributed by atoms with Crippen molar-refractivity contribution in [3.63, 3.8) is 0 Å². The van der Waals surface area contributed by atoms with Gasteiger partial charge in [0, 0.05) is 23.8 Å². The van der Waals surface area contributed by atoms with Crippen molar-refractivity contribution in [2.45, 2.75) is 18.9 Å². The number of anilines is 1. The van der Waals surface area contributed by atoms with Gasteiger partial charge in [0.25, 0.3) is 0 Å². The number of urea groups is 1. The number of hydrogen-bond donors (Lipinski definition) is 1. The van der Waals surface area contributed by atoms with Crippen molar-refractivity contribution in [3.8, 4) is 0 Å². The van der Waals surface area contributed by atoms with Gasteiger partial charge in [-0.2, -0.15) is 0 Å². The topological polar surface area (TPSA) is 32.3 Å². The Morgan fingerprint density at radius 3 is 2.58 bits per heavy atom. The lowest BCUT2D eigenvalue weighted by atomic mass is 10.0. The largest absolute Gasteiger partial charge is 0.324 e. The Bertz CT molecular complexity index is 511. The van der Waals surface area contributed by atoms with Crippen LogP contribution in [0.15, 0.2) is 36.4 Å². The van der Waals surface area contributed by atoms with Gasteiger partial charge in [-0.15, -0.1) is 0 Å². The minimum absolute atomic E-state index is 0.0479. The molecule has 1 saturated carbocycles. The first-order chi connectivity index (χ1) is 9.13. The third kappa shape index (κ3) is 2.47. The molecule has 2 aliphatic rings. The first kappa shape index (κ1) is 12.5. The quantitative estimate of drug-likeness (QED) is 0.820. The molecule has 3 atom stereocenters. The number of rotatable bonds is 2. The van der Waals surface area contributed by atoms with E-state index in [1.165, 1.54) is 6.42 Å². The number of fused-ring (bicyclic) bond motifs is 2. The molecule has 1 aromatic rings. The summed E-state index contributed by atoms with van der Waals surface area (Å²) in [5, 5.41) is 3.58. The van der Waals surface area contributed by atoms with E-state index in [1.54, 1.807) is 12.1 Å². The number of benzene rings is 1. The molecule has 0 aliphatic heterocycles. The van der Waals surface area contributed by atoms with Crippen LogP contribution in [0.2, 0.25) is 5.02 Å². The van der Waals surface area contributed by atoms with Crippen LogP contribution in [-0.2, 0) is 0 Å². The second-order valence-corrected chi connectivity index (χ2v) is 5.83. The van der Waals surface area contributed by atoms with Crippen LogP contribution < -0.4 is 5.32 Å². The summed E-state index contributed by atoms with van der Waals surface area (Å²) in [6, 6.07) is 7.47. The van der Waals surface area contributed by atoms with E-state index >= 15 is 0 Å². The van der Waals surface area contributed by atoms with Crippen LogP contribution in [-0.4, -0.2) is 24.0 Å². The summed E-state index contributed by atoms with van der Waals surface area (Å²) < 4.78 is 0. The van der Waals surface area contributed by atoms with Gasteiger partial charge in [0.15, 0.2) is 0 Å². The third-order valence-corrected chi connectivity index (χ3v) is 4.41. The molecule has 0 aromatic heterocycles. The minimum Gasteiger partial charge on any atom is -0.324 e. The van der Waals surface area contributed by atoms with Crippen molar-refractivity contribution in [2.75, 3.05) is 12.4 Å². The molecular weight excluding hydrogens is 260 g/mol. The van der Waals surface area contributed by atoms with E-state index in [0.29, 0.717) is 22.9 Å². The number of amides is 2. The van der Waals surface area contributed by atoms with E-state index in [-0.39, 0.29) is 6.03 Å². The molecule has 0 saturated heterocycles. The number of carbonyl (C=O) groups is 1. The first-order valence-electron chi connectivity index (χ1n) is 6.61. The van der Waals surface area contributed by atoms with Crippen LogP contribution in [0.1, 0.15) is 12.8 Å². The summed E-state index contributed by atoms with van der Waals surface area (Å²) in [6.07, 6.45) is 6.83. The van der Waals surface area contributed by atoms with Gasteiger partial charge in [0.1, 0.15) is 0 Å². The standard InChI is InChI=1S/C15H17ClN2O/c1-18(14-9-10-2-3-11(14)8-10)15(19)17-13-6-4-12(16)5-7-13/h2-7,10-11,14H,8-9H2,1H3,(H,17,19)/t10-,11+,14-/m1/s1. The van der Waals surface area contributed by atoms with E-state index in [0.717, 1.165) is 12.1 Å². The first-order valence-corrected chi connectivity index (χ1v) is 6.99. The van der Waals surface area contributed by atoms with Gasteiger partial charge < -0.3 is 10.2 Å². The van der Waals surface area contributed by atoms with Crippen LogP contribution in [0.5, 0.6) is 0 Å². The third-order valence-electron chi connectivity index (χ3n) is 4.16. The smallest absolute Gasteiger partial charge is 0.321 e. The molecule has 0 spiro atoms. The maximum Gasteiger partial charge on any atom is 0.321 e. The van der Waals surface area contributed by atoms with E-state index in [4.69, 9.17) is 11.6 Å². The lowest BCUT2D eigenvalue weighted by molar-refractivity contribution is 0.194. The number of carbonyl (C=O) groups excluding carboxylic acids is 1. The van der Waals surface area contributed by atoms with Gasteiger partial charge >= 0.3 is 6.03 Å². The molecule has 2 bridgehead atoms. The predicted molar refractivity (Wildman–Crippen MR) is 77.4 cm³/mol. The van der Waals surface area contributed by atoms with Gasteiger partial charge in [0.2, 0.25) is 0 Å². The maximum absolute atomic E-state index is 12.2. The highest BCUT2D eigenvalue weighted by Gasteiger charge is 2.39. The Balaban J connectivity index is 1.64. The fraction of sp³-hybridized carbons (Fsp3) is 0.400. The molecule has 1 fully saturated rings. The van der Waals surface area contributed by atoms with Crippen molar-refractivity contribution in [1.29, 1.82) is 0 Å². The highest BCUT2D eigenvalue weighted by Crippen LogP contribution is 2.41. The molecule has 2 aliphatic carbocycles. The van der Waals surface area contributed by atoms with E-state index in [9.17, 15) is 4.79 Å². The summed E-state index contributed by atoms with van der Waals surface area (Å²) in [5.41, 5.74) is 0.778. The van der Waals surface area contributed by atoms with Crippen LogP contribution in [0.4, 0.5) is 10.5 Å². The van der Waals surface area contributed by atoms with Gasteiger partial charge in [-0.1, -0.05) is 23.8 Å². The van der Waals surface area contributed by atoms with Gasteiger partial charge in [-0.25, -0.2) is 4.79 Å². The average Bonchev–Trinajstić information content (AvgIpc) is 3.03. The fourth-order valence-corrected chi connectivity index (χ4v) is 3.22. The van der Waals surface area contributed by atoms with Crippen molar-refractivity contribution >= 4 is 23.3 Å². The maximum atomic E-state index is 12.2. The van der Waals surface area contributed by atoms with Crippen LogP contribution in [0, 0.1) is 11.8 Å². The Kier molecular flexibility index (Phi) is 3.23. The zero-order chi connectivity index (χ0) is 13.4. The van der Waals surface area contributed by atoms with Crippen molar-refractivity contribution in [1.82, 2.24) is 4.90 Å². The average molecular weight is 277 g/mol. The summed E-state index contributed by atoms with van der Waals surface area (Å²) in [5.74, 6) is 1.20. The molecule has 0 radical (unpaired) electrons. The second kappa shape index (κ2) is 4.89. The normalized spacial score (nSPS) is 27.6. The lowest BCUT2D eigenvalue weighted by Crippen LogP contribution is -2.42. The lowest BCUT2D eigenvalue weighted by Gasteiger charge is -2.29. The molecule has 3 nitrogen and oxygen atoms in total.